The summed E-state index contributed by atoms with van der Waals surface area (Å²) in [4.78, 5) is 8.89. The Morgan fingerprint density at radius 3 is 2.95 bits per heavy atom. The summed E-state index contributed by atoms with van der Waals surface area (Å²) in [5, 5.41) is 0. The van der Waals surface area contributed by atoms with Crippen LogP contribution in [0.4, 0.5) is 0 Å². The number of halogens is 1. The number of rotatable bonds is 5. The number of aryl methyl sites for hydroxylation is 1. The highest BCUT2D eigenvalue weighted by Gasteiger charge is 2.50. The molecule has 2 aromatic heterocycles. The zero-order chi connectivity index (χ0) is 15.0. The third-order valence-corrected chi connectivity index (χ3v) is 4.88. The third kappa shape index (κ3) is 2.34. The Morgan fingerprint density at radius 1 is 1.48 bits per heavy atom. The summed E-state index contributed by atoms with van der Waals surface area (Å²) < 4.78 is 8.22. The van der Waals surface area contributed by atoms with E-state index in [9.17, 15) is 0 Å². The van der Waals surface area contributed by atoms with Crippen molar-refractivity contribution in [1.82, 2.24) is 14.5 Å². The van der Waals surface area contributed by atoms with Crippen molar-refractivity contribution in [1.29, 1.82) is 0 Å². The number of ether oxygens (including phenoxy) is 1. The predicted molar refractivity (Wildman–Crippen MR) is 84.8 cm³/mol. The Balaban J connectivity index is 2.02. The van der Waals surface area contributed by atoms with E-state index in [0.29, 0.717) is 18.0 Å². The first-order chi connectivity index (χ1) is 10.1. The maximum atomic E-state index is 5.96. The Kier molecular flexibility index (Phi) is 3.93. The number of pyridine rings is 1. The van der Waals surface area contributed by atoms with E-state index < -0.39 is 0 Å². The molecule has 5 heteroatoms. The van der Waals surface area contributed by atoms with Gasteiger partial charge in [0, 0.05) is 36.6 Å². The van der Waals surface area contributed by atoms with Gasteiger partial charge in [0.05, 0.1) is 17.8 Å². The van der Waals surface area contributed by atoms with Crippen molar-refractivity contribution in [3.05, 3.63) is 24.3 Å². The number of aromatic nitrogens is 3. The van der Waals surface area contributed by atoms with Crippen molar-refractivity contribution in [2.45, 2.75) is 45.8 Å². The number of hydrogen-bond acceptors (Lipinski definition) is 3. The van der Waals surface area contributed by atoms with Gasteiger partial charge in [-0.15, -0.1) is 11.6 Å². The molecule has 2 aromatic rings. The van der Waals surface area contributed by atoms with E-state index in [-0.39, 0.29) is 5.41 Å². The maximum absolute atomic E-state index is 5.96. The first kappa shape index (κ1) is 14.8. The summed E-state index contributed by atoms with van der Waals surface area (Å²) in [6.45, 7) is 7.38. The summed E-state index contributed by atoms with van der Waals surface area (Å²) in [7, 11) is 0. The summed E-state index contributed by atoms with van der Waals surface area (Å²) in [6.07, 6.45) is 5.79. The molecule has 0 saturated heterocycles. The van der Waals surface area contributed by atoms with Gasteiger partial charge in [-0.05, 0) is 19.4 Å². The summed E-state index contributed by atoms with van der Waals surface area (Å²) in [5.74, 6) is 1.64. The SMILES string of the molecule is CCOC1CC(n2c(CCCl)nc3cnccc32)C1(C)C. The van der Waals surface area contributed by atoms with E-state index in [1.807, 2.05) is 18.5 Å². The fourth-order valence-corrected chi connectivity index (χ4v) is 3.56. The minimum Gasteiger partial charge on any atom is -0.378 e. The van der Waals surface area contributed by atoms with Crippen LogP contribution in [0.25, 0.3) is 11.0 Å². The summed E-state index contributed by atoms with van der Waals surface area (Å²) in [6, 6.07) is 2.45. The summed E-state index contributed by atoms with van der Waals surface area (Å²) in [5.41, 5.74) is 2.21. The molecule has 21 heavy (non-hydrogen) atoms. The molecule has 0 aromatic carbocycles. The van der Waals surface area contributed by atoms with Gasteiger partial charge < -0.3 is 9.30 Å². The van der Waals surface area contributed by atoms with Crippen molar-refractivity contribution < 1.29 is 4.74 Å². The van der Waals surface area contributed by atoms with Gasteiger partial charge in [-0.25, -0.2) is 4.98 Å². The Bertz CT molecular complexity index is 637. The zero-order valence-corrected chi connectivity index (χ0v) is 13.6. The van der Waals surface area contributed by atoms with E-state index in [1.165, 1.54) is 0 Å². The van der Waals surface area contributed by atoms with Gasteiger partial charge in [0.2, 0.25) is 0 Å². The molecule has 3 rings (SSSR count). The summed E-state index contributed by atoms with van der Waals surface area (Å²) >= 11 is 5.96. The minimum atomic E-state index is 0.105. The second kappa shape index (κ2) is 5.58. The van der Waals surface area contributed by atoms with Crippen molar-refractivity contribution in [2.24, 2.45) is 5.41 Å². The first-order valence-electron chi connectivity index (χ1n) is 7.58. The minimum absolute atomic E-state index is 0.105. The molecule has 2 heterocycles. The van der Waals surface area contributed by atoms with Gasteiger partial charge in [-0.1, -0.05) is 13.8 Å². The quantitative estimate of drug-likeness (QED) is 0.793. The highest BCUT2D eigenvalue weighted by Crippen LogP contribution is 2.52. The fraction of sp³-hybridized carbons (Fsp3) is 0.625. The van der Waals surface area contributed by atoms with Gasteiger partial charge in [0.15, 0.2) is 0 Å². The van der Waals surface area contributed by atoms with Crippen molar-refractivity contribution >= 4 is 22.6 Å². The van der Waals surface area contributed by atoms with Gasteiger partial charge in [0.25, 0.3) is 0 Å². The molecule has 0 N–H and O–H groups in total. The number of fused-ring (bicyclic) bond motifs is 1. The van der Waals surface area contributed by atoms with Crippen LogP contribution in [0.3, 0.4) is 0 Å². The van der Waals surface area contributed by atoms with Crippen molar-refractivity contribution in [3.8, 4) is 0 Å². The van der Waals surface area contributed by atoms with Crippen molar-refractivity contribution in [2.75, 3.05) is 12.5 Å². The molecule has 1 fully saturated rings. The average molecular weight is 308 g/mol. The number of imidazole rings is 1. The molecule has 0 radical (unpaired) electrons. The van der Waals surface area contributed by atoms with Crippen LogP contribution in [0.5, 0.6) is 0 Å². The fourth-order valence-electron chi connectivity index (χ4n) is 3.40. The van der Waals surface area contributed by atoms with Crippen LogP contribution >= 0.6 is 11.6 Å². The van der Waals surface area contributed by atoms with Crippen LogP contribution in [0, 0.1) is 5.41 Å². The van der Waals surface area contributed by atoms with E-state index in [2.05, 4.69) is 30.3 Å². The second-order valence-corrected chi connectivity index (χ2v) is 6.60. The Morgan fingerprint density at radius 2 is 2.29 bits per heavy atom. The van der Waals surface area contributed by atoms with Gasteiger partial charge in [-0.3, -0.25) is 4.98 Å². The van der Waals surface area contributed by atoms with Gasteiger partial charge in [0.1, 0.15) is 11.3 Å². The Labute approximate surface area is 130 Å². The molecular formula is C16H22ClN3O. The molecule has 4 nitrogen and oxygen atoms in total. The van der Waals surface area contributed by atoms with E-state index in [1.54, 1.807) is 0 Å². The molecule has 114 valence electrons. The topological polar surface area (TPSA) is 39.9 Å². The van der Waals surface area contributed by atoms with Crippen molar-refractivity contribution in [3.63, 3.8) is 0 Å². The predicted octanol–water partition coefficient (Wildman–Crippen LogP) is 3.59. The lowest BCUT2D eigenvalue weighted by molar-refractivity contribution is -0.127. The van der Waals surface area contributed by atoms with Crippen LogP contribution in [-0.4, -0.2) is 33.1 Å². The molecule has 1 aliphatic carbocycles. The Hall–Kier alpha value is -1.13. The molecule has 1 saturated carbocycles. The smallest absolute Gasteiger partial charge is 0.111 e. The molecular weight excluding hydrogens is 286 g/mol. The molecule has 0 amide bonds. The van der Waals surface area contributed by atoms with E-state index in [0.717, 1.165) is 36.3 Å². The van der Waals surface area contributed by atoms with Gasteiger partial charge >= 0.3 is 0 Å². The standard InChI is InChI=1S/C16H22ClN3O/c1-4-21-14-9-13(16(14,2)3)20-12-6-8-18-10-11(12)19-15(20)5-7-17/h6,8,10,13-14H,4-5,7,9H2,1-3H3. The lowest BCUT2D eigenvalue weighted by Gasteiger charge is -2.52. The molecule has 0 bridgehead atoms. The van der Waals surface area contributed by atoms with Crippen LogP contribution in [-0.2, 0) is 11.2 Å². The monoisotopic (exact) mass is 307 g/mol. The largest absolute Gasteiger partial charge is 0.378 e. The second-order valence-electron chi connectivity index (χ2n) is 6.22. The normalized spacial score (nSPS) is 24.2. The van der Waals surface area contributed by atoms with E-state index >= 15 is 0 Å². The number of alkyl halides is 1. The number of nitrogens with zero attached hydrogens (tertiary/aromatic N) is 3. The molecule has 0 spiro atoms. The number of hydrogen-bond donors (Lipinski definition) is 0. The van der Waals surface area contributed by atoms with Crippen LogP contribution < -0.4 is 0 Å². The lowest BCUT2D eigenvalue weighted by atomic mass is 9.64. The molecule has 2 atom stereocenters. The maximum Gasteiger partial charge on any atom is 0.111 e. The highest BCUT2D eigenvalue weighted by atomic mass is 35.5. The molecule has 2 unspecified atom stereocenters. The zero-order valence-electron chi connectivity index (χ0n) is 12.8. The van der Waals surface area contributed by atoms with Crippen LogP contribution in [0.1, 0.15) is 39.1 Å². The van der Waals surface area contributed by atoms with Gasteiger partial charge in [-0.2, -0.15) is 0 Å². The third-order valence-electron chi connectivity index (χ3n) is 4.69. The van der Waals surface area contributed by atoms with E-state index in [4.69, 9.17) is 21.3 Å². The molecule has 0 aliphatic heterocycles. The molecule has 1 aliphatic rings. The van der Waals surface area contributed by atoms with Crippen LogP contribution in [0.2, 0.25) is 0 Å². The first-order valence-corrected chi connectivity index (χ1v) is 8.11. The highest BCUT2D eigenvalue weighted by molar-refractivity contribution is 6.17. The lowest BCUT2D eigenvalue weighted by Crippen LogP contribution is -2.51. The average Bonchev–Trinajstić information content (AvgIpc) is 2.81. The van der Waals surface area contributed by atoms with Crippen LogP contribution in [0.15, 0.2) is 18.5 Å².